The first kappa shape index (κ1) is 28.5. The summed E-state index contributed by atoms with van der Waals surface area (Å²) in [5, 5.41) is 3.95. The Morgan fingerprint density at radius 1 is 1.00 bits per heavy atom. The molecule has 2 amide bonds. The van der Waals surface area contributed by atoms with Crippen LogP contribution in [-0.2, 0) is 22.6 Å². The smallest absolute Gasteiger partial charge is 0.261 e. The van der Waals surface area contributed by atoms with Gasteiger partial charge in [-0.25, -0.2) is 0 Å². The van der Waals surface area contributed by atoms with Gasteiger partial charge in [0.15, 0.2) is 6.61 Å². The number of amides is 2. The van der Waals surface area contributed by atoms with E-state index in [0.29, 0.717) is 34.3 Å². The number of nitrogens with zero attached hydrogens (tertiary/aromatic N) is 1. The van der Waals surface area contributed by atoms with Crippen molar-refractivity contribution in [3.63, 3.8) is 0 Å². The van der Waals surface area contributed by atoms with Gasteiger partial charge in [0.05, 0.1) is 0 Å². The van der Waals surface area contributed by atoms with Crippen molar-refractivity contribution >= 4 is 35.0 Å². The Morgan fingerprint density at radius 3 is 2.43 bits per heavy atom. The van der Waals surface area contributed by atoms with E-state index in [1.165, 1.54) is 0 Å². The van der Waals surface area contributed by atoms with Crippen LogP contribution in [0.25, 0.3) is 0 Å². The highest BCUT2D eigenvalue weighted by Gasteiger charge is 2.31. The zero-order valence-corrected chi connectivity index (χ0v) is 23.1. The summed E-state index contributed by atoms with van der Waals surface area (Å²) in [6.07, 6.45) is 2.17. The molecule has 1 N–H and O–H groups in total. The topological polar surface area (TPSA) is 58.6 Å². The van der Waals surface area contributed by atoms with Crippen LogP contribution in [0.3, 0.4) is 0 Å². The molecule has 0 saturated carbocycles. The minimum absolute atomic E-state index is 0.143. The standard InChI is InChI=1S/C30H34Cl2N2O3/c1-4-5-15-33-30(36)27(17-23-9-7-6-8-10-23)34(19-24-12-13-25(31)18-26(24)32)29(35)20-37-28-14-11-21(2)16-22(28)3/h6-14,16,18,27H,4-5,15,17,19-20H2,1-3H3,(H,33,36)/t27-/m1/s1. The van der Waals surface area contributed by atoms with Crippen LogP contribution in [0.15, 0.2) is 66.7 Å². The Hall–Kier alpha value is -3.02. The van der Waals surface area contributed by atoms with Gasteiger partial charge in [0.25, 0.3) is 5.91 Å². The van der Waals surface area contributed by atoms with E-state index in [-0.39, 0.29) is 25.0 Å². The molecule has 0 bridgehead atoms. The SMILES string of the molecule is CCCCNC(=O)[C@@H](Cc1ccccc1)N(Cc1ccc(Cl)cc1Cl)C(=O)COc1ccc(C)cc1C. The predicted octanol–water partition coefficient (Wildman–Crippen LogP) is 6.55. The van der Waals surface area contributed by atoms with E-state index in [9.17, 15) is 9.59 Å². The van der Waals surface area contributed by atoms with E-state index in [0.717, 1.165) is 29.5 Å². The van der Waals surface area contributed by atoms with Crippen LogP contribution in [0.1, 0.15) is 42.0 Å². The molecular weight excluding hydrogens is 507 g/mol. The molecule has 37 heavy (non-hydrogen) atoms. The highest BCUT2D eigenvalue weighted by Crippen LogP contribution is 2.25. The lowest BCUT2D eigenvalue weighted by atomic mass is 10.0. The molecule has 0 unspecified atom stereocenters. The first-order valence-electron chi connectivity index (χ1n) is 12.5. The quantitative estimate of drug-likeness (QED) is 0.265. The van der Waals surface area contributed by atoms with Crippen molar-refractivity contribution in [2.45, 2.75) is 52.6 Å². The molecule has 3 rings (SSSR count). The molecule has 0 saturated heterocycles. The Morgan fingerprint density at radius 2 is 1.76 bits per heavy atom. The molecule has 0 aromatic heterocycles. The second kappa shape index (κ2) is 14.1. The van der Waals surface area contributed by atoms with E-state index < -0.39 is 6.04 Å². The molecule has 0 aliphatic heterocycles. The molecule has 0 heterocycles. The summed E-state index contributed by atoms with van der Waals surface area (Å²) in [4.78, 5) is 28.7. The zero-order valence-electron chi connectivity index (χ0n) is 21.6. The third kappa shape index (κ3) is 8.51. The molecule has 196 valence electrons. The molecule has 0 aliphatic carbocycles. The number of aryl methyl sites for hydroxylation is 2. The highest BCUT2D eigenvalue weighted by molar-refractivity contribution is 6.35. The van der Waals surface area contributed by atoms with Gasteiger partial charge < -0.3 is 15.0 Å². The van der Waals surface area contributed by atoms with E-state index in [1.807, 2.05) is 62.4 Å². The van der Waals surface area contributed by atoms with E-state index in [1.54, 1.807) is 23.1 Å². The maximum atomic E-state index is 13.7. The van der Waals surface area contributed by atoms with Gasteiger partial charge in [-0.15, -0.1) is 0 Å². The molecule has 0 radical (unpaired) electrons. The summed E-state index contributed by atoms with van der Waals surface area (Å²) in [6.45, 7) is 6.49. The molecule has 0 aliphatic rings. The van der Waals surface area contributed by atoms with Crippen LogP contribution in [0.2, 0.25) is 10.0 Å². The molecule has 0 fully saturated rings. The Labute approximate surface area is 229 Å². The minimum atomic E-state index is -0.749. The van der Waals surface area contributed by atoms with Gasteiger partial charge in [0, 0.05) is 29.6 Å². The van der Waals surface area contributed by atoms with Gasteiger partial charge in [-0.05, 0) is 55.2 Å². The van der Waals surface area contributed by atoms with Crippen molar-refractivity contribution in [2.75, 3.05) is 13.2 Å². The lowest BCUT2D eigenvalue weighted by Gasteiger charge is -2.32. The van der Waals surface area contributed by atoms with Crippen LogP contribution in [0, 0.1) is 13.8 Å². The highest BCUT2D eigenvalue weighted by atomic mass is 35.5. The maximum absolute atomic E-state index is 13.7. The number of rotatable bonds is 12. The fraction of sp³-hybridized carbons (Fsp3) is 0.333. The van der Waals surface area contributed by atoms with Crippen molar-refractivity contribution in [1.82, 2.24) is 10.2 Å². The molecule has 5 nitrogen and oxygen atoms in total. The summed E-state index contributed by atoms with van der Waals surface area (Å²) in [7, 11) is 0. The second-order valence-corrected chi connectivity index (χ2v) is 10.0. The Bertz CT molecular complexity index is 1200. The van der Waals surface area contributed by atoms with E-state index >= 15 is 0 Å². The van der Waals surface area contributed by atoms with Crippen molar-refractivity contribution in [2.24, 2.45) is 0 Å². The van der Waals surface area contributed by atoms with Crippen LogP contribution in [0.4, 0.5) is 0 Å². The second-order valence-electron chi connectivity index (χ2n) is 9.17. The van der Waals surface area contributed by atoms with E-state index in [4.69, 9.17) is 27.9 Å². The van der Waals surface area contributed by atoms with Crippen molar-refractivity contribution < 1.29 is 14.3 Å². The van der Waals surface area contributed by atoms with Crippen LogP contribution in [0.5, 0.6) is 5.75 Å². The molecule has 3 aromatic carbocycles. The zero-order chi connectivity index (χ0) is 26.8. The monoisotopic (exact) mass is 540 g/mol. The Kier molecular flexibility index (Phi) is 10.8. The average Bonchev–Trinajstić information content (AvgIpc) is 2.87. The van der Waals surface area contributed by atoms with Crippen LogP contribution >= 0.6 is 23.2 Å². The average molecular weight is 542 g/mol. The number of halogens is 2. The number of ether oxygens (including phenoxy) is 1. The Balaban J connectivity index is 1.92. The van der Waals surface area contributed by atoms with Gasteiger partial charge >= 0.3 is 0 Å². The van der Waals surface area contributed by atoms with Crippen LogP contribution < -0.4 is 10.1 Å². The first-order chi connectivity index (χ1) is 17.8. The fourth-order valence-corrected chi connectivity index (χ4v) is 4.55. The van der Waals surface area contributed by atoms with Crippen LogP contribution in [-0.4, -0.2) is 35.9 Å². The summed E-state index contributed by atoms with van der Waals surface area (Å²) < 4.78 is 5.92. The van der Waals surface area contributed by atoms with E-state index in [2.05, 4.69) is 12.2 Å². The summed E-state index contributed by atoms with van der Waals surface area (Å²) in [5.74, 6) is 0.121. The number of hydrogen-bond donors (Lipinski definition) is 1. The lowest BCUT2D eigenvalue weighted by Crippen LogP contribution is -2.51. The number of benzene rings is 3. The fourth-order valence-electron chi connectivity index (χ4n) is 4.08. The van der Waals surface area contributed by atoms with Gasteiger partial charge in [0.1, 0.15) is 11.8 Å². The third-order valence-corrected chi connectivity index (χ3v) is 6.72. The number of unbranched alkanes of at least 4 members (excludes halogenated alkanes) is 1. The predicted molar refractivity (Wildman–Crippen MR) is 150 cm³/mol. The maximum Gasteiger partial charge on any atom is 0.261 e. The lowest BCUT2D eigenvalue weighted by molar-refractivity contribution is -0.142. The van der Waals surface area contributed by atoms with Crippen molar-refractivity contribution in [3.05, 3.63) is 99.0 Å². The molecule has 0 spiro atoms. The number of carbonyl (C=O) groups excluding carboxylic acids is 2. The summed E-state index contributed by atoms with van der Waals surface area (Å²) >= 11 is 12.6. The number of hydrogen-bond acceptors (Lipinski definition) is 3. The summed E-state index contributed by atoms with van der Waals surface area (Å²) in [5.41, 5.74) is 3.71. The molecule has 1 atom stereocenters. The molecular formula is C30H34Cl2N2O3. The normalized spacial score (nSPS) is 11.6. The van der Waals surface area contributed by atoms with Crippen molar-refractivity contribution in [3.8, 4) is 5.75 Å². The minimum Gasteiger partial charge on any atom is -0.483 e. The molecule has 3 aromatic rings. The third-order valence-electron chi connectivity index (χ3n) is 6.14. The largest absolute Gasteiger partial charge is 0.483 e. The van der Waals surface area contributed by atoms with Gasteiger partial charge in [-0.3, -0.25) is 9.59 Å². The first-order valence-corrected chi connectivity index (χ1v) is 13.3. The molecule has 7 heteroatoms. The summed E-state index contributed by atoms with van der Waals surface area (Å²) in [6, 6.07) is 19.9. The van der Waals surface area contributed by atoms with Gasteiger partial charge in [-0.1, -0.05) is 90.6 Å². The van der Waals surface area contributed by atoms with Gasteiger partial charge in [-0.2, -0.15) is 0 Å². The van der Waals surface area contributed by atoms with Crippen molar-refractivity contribution in [1.29, 1.82) is 0 Å². The number of nitrogens with one attached hydrogen (secondary N) is 1. The van der Waals surface area contributed by atoms with Gasteiger partial charge in [0.2, 0.25) is 5.91 Å². The number of carbonyl (C=O) groups is 2.